The number of H-pyrrole nitrogens is 1. The molecule has 0 saturated heterocycles. The Morgan fingerprint density at radius 2 is 1.45 bits per heavy atom. The van der Waals surface area contributed by atoms with Gasteiger partial charge in [0, 0.05) is 26.5 Å². The number of aromatic nitrogens is 1. The van der Waals surface area contributed by atoms with Gasteiger partial charge >= 0.3 is 11.9 Å². The highest BCUT2D eigenvalue weighted by Gasteiger charge is 2.09. The number of allylic oxidation sites excluding steroid dienone is 1. The van der Waals surface area contributed by atoms with E-state index in [4.69, 9.17) is 29.1 Å². The number of nitrogens with two attached hydrogens (primary N) is 1. The van der Waals surface area contributed by atoms with Gasteiger partial charge in [-0.3, -0.25) is 4.79 Å². The lowest BCUT2D eigenvalue weighted by Gasteiger charge is -2.07. The van der Waals surface area contributed by atoms with Gasteiger partial charge in [-0.25, -0.2) is 9.37 Å². The van der Waals surface area contributed by atoms with Gasteiger partial charge in [0.05, 0.1) is 40.2 Å². The van der Waals surface area contributed by atoms with E-state index in [0.29, 0.717) is 18.9 Å². The zero-order valence-corrected chi connectivity index (χ0v) is 27.3. The summed E-state index contributed by atoms with van der Waals surface area (Å²) in [6.07, 6.45) is 6.05. The van der Waals surface area contributed by atoms with Crippen LogP contribution >= 0.6 is 12.4 Å². The molecule has 0 spiro atoms. The fraction of sp³-hybridized carbons (Fsp3) is 0.300. The average molecular weight is 659 g/mol. The van der Waals surface area contributed by atoms with E-state index in [1.54, 1.807) is 19.9 Å². The summed E-state index contributed by atoms with van der Waals surface area (Å²) in [5.41, 5.74) is 9.89. The highest BCUT2D eigenvalue weighted by Crippen LogP contribution is 2.20. The predicted octanol–water partition coefficient (Wildman–Crippen LogP) is 0.596. The first-order valence-corrected chi connectivity index (χ1v) is 14.3. The lowest BCUT2D eigenvalue weighted by Crippen LogP contribution is -2.58. The third-order valence-electron chi connectivity index (χ3n) is 4.66. The number of halogens is 2. The van der Waals surface area contributed by atoms with Crippen LogP contribution in [0.3, 0.4) is 0 Å². The minimum absolute atomic E-state index is 0. The first-order chi connectivity index (χ1) is 20.2. The molecule has 0 radical (unpaired) electrons. The largest absolute Gasteiger partial charge is 0.465 e. The minimum Gasteiger partial charge on any atom is -0.465 e. The van der Waals surface area contributed by atoms with Crippen LogP contribution in [0.5, 0.6) is 0 Å². The van der Waals surface area contributed by atoms with Crippen LogP contribution in [-0.4, -0.2) is 85.2 Å². The quantitative estimate of drug-likeness (QED) is 0.176. The molecule has 2 aromatic carbocycles. The molecular weight excluding hydrogens is 615 g/mol. The fourth-order valence-corrected chi connectivity index (χ4v) is 3.11. The summed E-state index contributed by atoms with van der Waals surface area (Å²) >= 11 is 0. The zero-order chi connectivity index (χ0) is 32.8. The van der Waals surface area contributed by atoms with Gasteiger partial charge in [-0.2, -0.15) is 14.0 Å². The zero-order valence-electron chi connectivity index (χ0n) is 25.8. The van der Waals surface area contributed by atoms with Gasteiger partial charge < -0.3 is 25.1 Å². The van der Waals surface area contributed by atoms with E-state index in [1.165, 1.54) is 11.1 Å². The molecule has 4 N–H and O–H groups in total. The molecule has 0 aliphatic carbocycles. The number of aromatic amines is 1. The van der Waals surface area contributed by atoms with Crippen LogP contribution in [0.4, 0.5) is 0 Å². The van der Waals surface area contributed by atoms with Crippen molar-refractivity contribution >= 4 is 36.1 Å². The molecule has 0 atom stereocenters. The van der Waals surface area contributed by atoms with Gasteiger partial charge in [0.1, 0.15) is 19.8 Å². The third-order valence-corrected chi connectivity index (χ3v) is 4.66. The molecule has 244 valence electrons. The molecule has 0 aliphatic heterocycles. The van der Waals surface area contributed by atoms with Gasteiger partial charge in [-0.1, -0.05) is 60.7 Å². The summed E-state index contributed by atoms with van der Waals surface area (Å²) < 4.78 is 44.1. The minimum atomic E-state index is -4.69. The summed E-state index contributed by atoms with van der Waals surface area (Å²) in [7, 11) is 3.44. The molecule has 12 nitrogen and oxygen atoms in total. The van der Waals surface area contributed by atoms with Crippen molar-refractivity contribution in [3.8, 4) is 11.1 Å². The van der Waals surface area contributed by atoms with Crippen LogP contribution in [0, 0.1) is 10.2 Å². The van der Waals surface area contributed by atoms with Crippen molar-refractivity contribution in [2.45, 2.75) is 13.8 Å². The molecule has 14 heteroatoms. The number of nitrogens with one attached hydrogen (secondary N) is 1. The Bertz CT molecular complexity index is 1250. The van der Waals surface area contributed by atoms with E-state index in [2.05, 4.69) is 55.9 Å². The number of rotatable bonds is 8. The van der Waals surface area contributed by atoms with Gasteiger partial charge in [-0.05, 0) is 36.6 Å². The summed E-state index contributed by atoms with van der Waals surface area (Å²) in [6, 6.07) is 22.1. The number of carbonyl (C=O) groups excluding carboxylic acids is 2. The Hall–Kier alpha value is -3.75. The van der Waals surface area contributed by atoms with E-state index >= 15 is 0 Å². The Labute approximate surface area is 267 Å². The lowest BCUT2D eigenvalue weighted by atomic mass is 10.1. The maximum atomic E-state index is 11.4. The topological polar surface area (TPSA) is 190 Å². The first kappa shape index (κ1) is 42.4. The molecule has 0 amide bonds. The van der Waals surface area contributed by atoms with Crippen LogP contribution < -0.4 is 19.7 Å². The van der Waals surface area contributed by atoms with Gasteiger partial charge in [0.15, 0.2) is 6.21 Å². The molecule has 0 saturated carbocycles. The molecule has 0 unspecified atom stereocenters. The molecule has 3 rings (SSSR count). The highest BCUT2D eigenvalue weighted by atomic mass is 35.7. The molecule has 0 bridgehead atoms. The Morgan fingerprint density at radius 3 is 1.86 bits per heavy atom. The molecule has 0 fully saturated rings. The highest BCUT2D eigenvalue weighted by molar-refractivity contribution is 6.07. The summed E-state index contributed by atoms with van der Waals surface area (Å²) in [5.74, 6) is -0.660. The van der Waals surface area contributed by atoms with Crippen molar-refractivity contribution in [3.63, 3.8) is 0 Å². The molecule has 1 aromatic heterocycles. The number of esters is 2. The molecule has 3 aromatic rings. The predicted molar refractivity (Wildman–Crippen MR) is 164 cm³/mol. The number of hydrogen-bond acceptors (Lipinski definition) is 10. The van der Waals surface area contributed by atoms with E-state index in [1.807, 2.05) is 70.8 Å². The number of carbonyl (C=O) groups is 2. The van der Waals surface area contributed by atoms with Crippen molar-refractivity contribution in [1.82, 2.24) is 9.88 Å². The van der Waals surface area contributed by atoms with Crippen LogP contribution in [0.1, 0.15) is 29.9 Å². The number of hydrogen-bond donors (Lipinski definition) is 3. The lowest BCUT2D eigenvalue weighted by molar-refractivity contribution is -1.92. The van der Waals surface area contributed by atoms with Crippen molar-refractivity contribution in [2.75, 3.05) is 47.9 Å². The smallest absolute Gasteiger partial charge is 0.354 e. The summed E-state index contributed by atoms with van der Waals surface area (Å²) in [4.78, 5) is 26.5. The second kappa shape index (κ2) is 23.7. The number of nitrogens with zero attached hydrogens (tertiary/aromatic N) is 2. The van der Waals surface area contributed by atoms with Gasteiger partial charge in [0.25, 0.3) is 0 Å². The Balaban J connectivity index is 0. The Morgan fingerprint density at radius 1 is 0.955 bits per heavy atom. The SMILES string of the molecule is CCOC(=O)CN.CCOC(=O)c1cc(-c2ccccc2)c[nH]1.CN(C)/C=C(\C=[N+](C)C)c1ccccc1.Cl.[O-][Cl+3]([O-])([O-])O. The van der Waals surface area contributed by atoms with E-state index in [9.17, 15) is 9.59 Å². The standard InChI is InChI=1S/C13H19N2.C13H13NO2.C4H9NO2.ClHO4.ClH/c1-14(2)10-13(11-15(3)4)12-8-6-5-7-9-12;1-2-16-13(15)12-8-11(9-14-12)10-6-4-3-5-7-10;1-2-7-4(6)3-5;2-1(3,4)5;/h5-11H,1-4H3;3-9,14H,2H2,1H3;2-3,5H2,1H3;(H,2,3,4,5);1H/q+1;;;;. The van der Waals surface area contributed by atoms with Crippen molar-refractivity contribution in [1.29, 1.82) is 0 Å². The van der Waals surface area contributed by atoms with E-state index in [-0.39, 0.29) is 30.9 Å². The fourth-order valence-electron chi connectivity index (χ4n) is 3.11. The summed E-state index contributed by atoms with van der Waals surface area (Å²) in [6.45, 7) is 4.31. The van der Waals surface area contributed by atoms with Crippen LogP contribution in [0.15, 0.2) is 79.1 Å². The van der Waals surface area contributed by atoms with Crippen LogP contribution in [-0.2, 0) is 14.3 Å². The molecule has 44 heavy (non-hydrogen) atoms. The third kappa shape index (κ3) is 21.9. The van der Waals surface area contributed by atoms with E-state index < -0.39 is 10.2 Å². The summed E-state index contributed by atoms with van der Waals surface area (Å²) in [5, 5.41) is 0. The average Bonchev–Trinajstić information content (AvgIpc) is 3.44. The maximum Gasteiger partial charge on any atom is 0.354 e. The van der Waals surface area contributed by atoms with Crippen molar-refractivity contribution < 1.29 is 52.5 Å². The number of benzene rings is 2. The molecule has 1 heterocycles. The second-order valence-corrected chi connectivity index (χ2v) is 9.59. The molecule has 0 aliphatic rings. The normalized spacial score (nSPS) is 10.1. The monoisotopic (exact) mass is 657 g/mol. The van der Waals surface area contributed by atoms with Crippen molar-refractivity contribution in [3.05, 3.63) is 90.4 Å². The second-order valence-electron chi connectivity index (χ2n) is 8.80. The first-order valence-electron chi connectivity index (χ1n) is 13.1. The van der Waals surface area contributed by atoms with Crippen molar-refractivity contribution in [2.24, 2.45) is 5.73 Å². The van der Waals surface area contributed by atoms with Gasteiger partial charge in [-0.15, -0.1) is 12.4 Å². The van der Waals surface area contributed by atoms with Crippen LogP contribution in [0.25, 0.3) is 16.7 Å². The van der Waals surface area contributed by atoms with Gasteiger partial charge in [0.2, 0.25) is 0 Å². The molecular formula is C30H43Cl2N4O8+. The maximum absolute atomic E-state index is 11.4. The van der Waals surface area contributed by atoms with E-state index in [0.717, 1.165) is 11.1 Å². The number of ether oxygens (including phenoxy) is 2. The van der Waals surface area contributed by atoms with Crippen LogP contribution in [0.2, 0.25) is 0 Å². The Kier molecular flexibility index (Phi) is 22.8.